The second kappa shape index (κ2) is 8.08. The first-order valence-electron chi connectivity index (χ1n) is 9.67. The van der Waals surface area contributed by atoms with Gasteiger partial charge < -0.3 is 19.5 Å². The molecule has 30 heavy (non-hydrogen) atoms. The Balaban J connectivity index is 1.65. The van der Waals surface area contributed by atoms with E-state index in [-0.39, 0.29) is 17.4 Å². The molecule has 0 saturated carbocycles. The molecule has 8 nitrogen and oxygen atoms in total. The van der Waals surface area contributed by atoms with Crippen LogP contribution in [0.3, 0.4) is 0 Å². The van der Waals surface area contributed by atoms with Crippen molar-refractivity contribution in [2.45, 2.75) is 6.10 Å². The van der Waals surface area contributed by atoms with Gasteiger partial charge in [0, 0.05) is 38.3 Å². The first-order chi connectivity index (χ1) is 14.5. The van der Waals surface area contributed by atoms with Gasteiger partial charge in [0.2, 0.25) is 5.56 Å². The third kappa shape index (κ3) is 3.69. The highest BCUT2D eigenvalue weighted by Gasteiger charge is 2.28. The number of hydrogen-bond donors (Lipinski definition) is 1. The van der Waals surface area contributed by atoms with Gasteiger partial charge >= 0.3 is 0 Å². The van der Waals surface area contributed by atoms with Gasteiger partial charge in [-0.05, 0) is 18.2 Å². The molecular formula is C22H22N4O4. The first-order valence-corrected chi connectivity index (χ1v) is 9.67. The zero-order valence-corrected chi connectivity index (χ0v) is 16.8. The fourth-order valence-electron chi connectivity index (χ4n) is 3.60. The summed E-state index contributed by atoms with van der Waals surface area (Å²) in [5, 5.41) is 3.42. The number of hydrogen-bond acceptors (Lipinski definition) is 5. The number of nitrogens with zero attached hydrogens (tertiary/aromatic N) is 3. The minimum Gasteiger partial charge on any atom is -0.368 e. The molecule has 8 heteroatoms. The van der Waals surface area contributed by atoms with Crippen LogP contribution in [0.15, 0.2) is 53.5 Å². The Kier molecular flexibility index (Phi) is 5.33. The summed E-state index contributed by atoms with van der Waals surface area (Å²) in [6.07, 6.45) is 1.08. The van der Waals surface area contributed by atoms with E-state index in [1.807, 2.05) is 24.3 Å². The number of aromatic nitrogens is 2. The van der Waals surface area contributed by atoms with Gasteiger partial charge in [0.1, 0.15) is 6.10 Å². The Morgan fingerprint density at radius 3 is 2.77 bits per heavy atom. The lowest BCUT2D eigenvalue weighted by Crippen LogP contribution is -2.42. The van der Waals surface area contributed by atoms with Crippen molar-refractivity contribution in [1.29, 1.82) is 0 Å². The molecule has 1 atom stereocenters. The molecule has 4 rings (SSSR count). The molecule has 3 aromatic rings. The van der Waals surface area contributed by atoms with Crippen LogP contribution in [0.2, 0.25) is 0 Å². The highest BCUT2D eigenvalue weighted by molar-refractivity contribution is 6.06. The third-order valence-electron chi connectivity index (χ3n) is 5.22. The summed E-state index contributed by atoms with van der Waals surface area (Å²) >= 11 is 0. The van der Waals surface area contributed by atoms with E-state index in [9.17, 15) is 14.4 Å². The van der Waals surface area contributed by atoms with Crippen molar-refractivity contribution >= 4 is 22.7 Å². The van der Waals surface area contributed by atoms with Gasteiger partial charge in [-0.25, -0.2) is 4.98 Å². The summed E-state index contributed by atoms with van der Waals surface area (Å²) in [6, 6.07) is 12.1. The number of para-hydroxylation sites is 1. The van der Waals surface area contributed by atoms with Crippen LogP contribution in [0.1, 0.15) is 32.5 Å². The zero-order valence-electron chi connectivity index (χ0n) is 16.8. The molecule has 3 heterocycles. The maximum Gasteiger partial charge on any atom is 0.255 e. The predicted octanol–water partition coefficient (Wildman–Crippen LogP) is 1.51. The normalized spacial score (nSPS) is 16.5. The number of rotatable bonds is 3. The predicted molar refractivity (Wildman–Crippen MR) is 111 cm³/mol. The molecule has 1 N–H and O–H groups in total. The average Bonchev–Trinajstić information content (AvgIpc) is 2.79. The van der Waals surface area contributed by atoms with Crippen LogP contribution in [-0.4, -0.2) is 53.0 Å². The number of carbonyl (C=O) groups is 2. The maximum atomic E-state index is 12.9. The first kappa shape index (κ1) is 19.8. The largest absolute Gasteiger partial charge is 0.368 e. The van der Waals surface area contributed by atoms with E-state index in [1.54, 1.807) is 25.1 Å². The molecule has 1 aliphatic heterocycles. The number of benzene rings is 1. The second-order valence-electron chi connectivity index (χ2n) is 7.17. The van der Waals surface area contributed by atoms with Crippen molar-refractivity contribution in [3.05, 3.63) is 75.8 Å². The summed E-state index contributed by atoms with van der Waals surface area (Å²) in [5.74, 6) is -0.380. The van der Waals surface area contributed by atoms with Gasteiger partial charge in [-0.3, -0.25) is 14.4 Å². The Labute approximate surface area is 173 Å². The number of ether oxygens (including phenoxy) is 1. The Hall–Kier alpha value is -3.52. The van der Waals surface area contributed by atoms with Crippen molar-refractivity contribution in [2.75, 3.05) is 26.7 Å². The van der Waals surface area contributed by atoms with Crippen LogP contribution in [0, 0.1) is 0 Å². The average molecular weight is 406 g/mol. The monoisotopic (exact) mass is 406 g/mol. The van der Waals surface area contributed by atoms with Crippen LogP contribution >= 0.6 is 0 Å². The minimum atomic E-state index is -0.455. The summed E-state index contributed by atoms with van der Waals surface area (Å²) in [6.45, 7) is 1.10. The maximum absolute atomic E-state index is 12.9. The van der Waals surface area contributed by atoms with Crippen molar-refractivity contribution in [3.63, 3.8) is 0 Å². The summed E-state index contributed by atoms with van der Waals surface area (Å²) in [5.41, 5.74) is 2.08. The van der Waals surface area contributed by atoms with Crippen LogP contribution < -0.4 is 10.9 Å². The number of amides is 2. The fourth-order valence-corrected chi connectivity index (χ4v) is 3.60. The molecule has 0 aliphatic carbocycles. The van der Waals surface area contributed by atoms with Crippen LogP contribution in [0.25, 0.3) is 10.9 Å². The zero-order chi connectivity index (χ0) is 21.3. The topological polar surface area (TPSA) is 93.5 Å². The van der Waals surface area contributed by atoms with E-state index in [0.29, 0.717) is 42.0 Å². The molecule has 0 spiro atoms. The van der Waals surface area contributed by atoms with E-state index in [4.69, 9.17) is 4.74 Å². The highest BCUT2D eigenvalue weighted by Crippen LogP contribution is 2.26. The lowest BCUT2D eigenvalue weighted by atomic mass is 10.0. The van der Waals surface area contributed by atoms with Gasteiger partial charge in [-0.1, -0.05) is 18.2 Å². The minimum absolute atomic E-state index is 0.173. The molecule has 0 bridgehead atoms. The van der Waals surface area contributed by atoms with Crippen LogP contribution in [0.4, 0.5) is 0 Å². The van der Waals surface area contributed by atoms with Gasteiger partial charge in [0.15, 0.2) is 0 Å². The van der Waals surface area contributed by atoms with Crippen molar-refractivity contribution < 1.29 is 14.3 Å². The second-order valence-corrected chi connectivity index (χ2v) is 7.17. The molecule has 2 aromatic heterocycles. The van der Waals surface area contributed by atoms with E-state index < -0.39 is 6.10 Å². The van der Waals surface area contributed by atoms with Crippen molar-refractivity contribution in [1.82, 2.24) is 19.8 Å². The van der Waals surface area contributed by atoms with Crippen molar-refractivity contribution in [3.8, 4) is 0 Å². The van der Waals surface area contributed by atoms with E-state index in [0.717, 1.165) is 5.39 Å². The lowest BCUT2D eigenvalue weighted by Gasteiger charge is -2.33. The molecule has 1 aliphatic rings. The summed E-state index contributed by atoms with van der Waals surface area (Å²) in [4.78, 5) is 43.3. The van der Waals surface area contributed by atoms with Gasteiger partial charge in [0.25, 0.3) is 11.8 Å². The number of morpholine rings is 1. The quantitative estimate of drug-likeness (QED) is 0.712. The third-order valence-corrected chi connectivity index (χ3v) is 5.22. The molecule has 1 unspecified atom stereocenters. The number of fused-ring (bicyclic) bond motifs is 1. The summed E-state index contributed by atoms with van der Waals surface area (Å²) < 4.78 is 7.28. The standard InChI is InChI=1S/C22H22N4O4/c1-23-21(28)16-11-18(24-17-6-4-3-5-15(16)17)19-13-26(9-10-30-19)22(29)14-7-8-20(27)25(2)12-14/h3-8,11-12,19H,9-10,13H2,1-2H3,(H,23,28). The molecule has 2 amide bonds. The smallest absolute Gasteiger partial charge is 0.255 e. The number of pyridine rings is 2. The summed E-state index contributed by atoms with van der Waals surface area (Å²) in [7, 11) is 3.20. The van der Waals surface area contributed by atoms with Crippen LogP contribution in [0.5, 0.6) is 0 Å². The molecule has 1 saturated heterocycles. The molecule has 0 radical (unpaired) electrons. The fraction of sp³-hybridized carbons (Fsp3) is 0.273. The molecule has 154 valence electrons. The van der Waals surface area contributed by atoms with Gasteiger partial charge in [-0.2, -0.15) is 0 Å². The Morgan fingerprint density at radius 2 is 2.00 bits per heavy atom. The number of carbonyl (C=O) groups excluding carboxylic acids is 2. The Morgan fingerprint density at radius 1 is 1.20 bits per heavy atom. The van der Waals surface area contributed by atoms with Crippen molar-refractivity contribution in [2.24, 2.45) is 7.05 Å². The Bertz CT molecular complexity index is 1190. The van der Waals surface area contributed by atoms with E-state index in [1.165, 1.54) is 22.9 Å². The van der Waals surface area contributed by atoms with E-state index >= 15 is 0 Å². The highest BCUT2D eigenvalue weighted by atomic mass is 16.5. The molecule has 1 aromatic carbocycles. The van der Waals surface area contributed by atoms with E-state index in [2.05, 4.69) is 10.3 Å². The van der Waals surface area contributed by atoms with Gasteiger partial charge in [0.05, 0.1) is 35.5 Å². The number of aryl methyl sites for hydroxylation is 1. The van der Waals surface area contributed by atoms with Crippen LogP contribution in [-0.2, 0) is 11.8 Å². The lowest BCUT2D eigenvalue weighted by molar-refractivity contribution is -0.0246. The van der Waals surface area contributed by atoms with Gasteiger partial charge in [-0.15, -0.1) is 0 Å². The molecular weight excluding hydrogens is 384 g/mol. The number of nitrogens with one attached hydrogen (secondary N) is 1. The SMILES string of the molecule is CNC(=O)c1cc(C2CN(C(=O)c3ccc(=O)n(C)c3)CCO2)nc2ccccc12. The molecule has 1 fully saturated rings.